The van der Waals surface area contributed by atoms with Crippen molar-refractivity contribution in [3.63, 3.8) is 0 Å². The van der Waals surface area contributed by atoms with E-state index in [2.05, 4.69) is 58.9 Å². The van der Waals surface area contributed by atoms with Crippen LogP contribution in [0.3, 0.4) is 0 Å². The van der Waals surface area contributed by atoms with Gasteiger partial charge in [0.2, 0.25) is 0 Å². The number of hydrogen-bond donors (Lipinski definition) is 0. The molecule has 138 valence electrons. The van der Waals surface area contributed by atoms with Gasteiger partial charge in [0, 0.05) is 0 Å². The average molecular weight is 452 g/mol. The maximum absolute atomic E-state index is 3.69. The normalized spacial score (nSPS) is 13.3. The number of hydrogen-bond acceptors (Lipinski definition) is 0. The predicted octanol–water partition coefficient (Wildman–Crippen LogP) is -4.14. The summed E-state index contributed by atoms with van der Waals surface area (Å²) in [6.45, 7) is 11.4. The van der Waals surface area contributed by atoms with Gasteiger partial charge in [-0.25, -0.2) is 10.8 Å². The van der Waals surface area contributed by atoms with Crippen LogP contribution in [0.5, 0.6) is 0 Å². The zero-order valence-electron chi connectivity index (χ0n) is 16.0. The van der Waals surface area contributed by atoms with Gasteiger partial charge in [-0.3, -0.25) is 6.08 Å². The van der Waals surface area contributed by atoms with Crippen molar-refractivity contribution < 1.29 is 58.9 Å². The van der Waals surface area contributed by atoms with Crippen molar-refractivity contribution in [2.75, 3.05) is 0 Å². The Hall–Kier alpha value is 0.501. The molecule has 1 aromatic carbocycles. The minimum Gasteiger partial charge on any atom is -1.00 e. The van der Waals surface area contributed by atoms with Crippen molar-refractivity contribution in [3.8, 4) is 0 Å². The van der Waals surface area contributed by atoms with Gasteiger partial charge in [0.1, 0.15) is 0 Å². The molecule has 0 aromatic heterocycles. The summed E-state index contributed by atoms with van der Waals surface area (Å²) >= 11 is 0. The minimum atomic E-state index is -1.10. The molecule has 0 aliphatic heterocycles. The Labute approximate surface area is 190 Å². The van der Waals surface area contributed by atoms with Crippen molar-refractivity contribution in [3.05, 3.63) is 51.7 Å². The SMILES string of the molecule is CCCCC[SiH](C1=[C-]CC=C1C)c1c(C)cc(C)cc1C.[Cl-].[Cl-].[Cl-].[Ti+4]. The van der Waals surface area contributed by atoms with Crippen LogP contribution in [0.15, 0.2) is 29.0 Å². The topological polar surface area (TPSA) is 0 Å². The first-order valence-electron chi connectivity index (χ1n) is 8.40. The van der Waals surface area contributed by atoms with Gasteiger partial charge in [-0.1, -0.05) is 66.2 Å². The molecule has 1 unspecified atom stereocenters. The second-order valence-corrected chi connectivity index (χ2v) is 9.38. The van der Waals surface area contributed by atoms with E-state index < -0.39 is 8.80 Å². The van der Waals surface area contributed by atoms with Crippen LogP contribution in [0.2, 0.25) is 6.04 Å². The molecule has 0 heterocycles. The predicted molar refractivity (Wildman–Crippen MR) is 96.9 cm³/mol. The summed E-state index contributed by atoms with van der Waals surface area (Å²) in [6.07, 6.45) is 11.1. The molecular formula is C20H29Cl3SiTi. The van der Waals surface area contributed by atoms with Gasteiger partial charge in [-0.05, 0) is 20.8 Å². The fourth-order valence-electron chi connectivity index (χ4n) is 3.73. The first kappa shape index (κ1) is 30.2. The molecule has 1 aliphatic rings. The Morgan fingerprint density at radius 3 is 1.96 bits per heavy atom. The van der Waals surface area contributed by atoms with Gasteiger partial charge in [0.15, 0.2) is 0 Å². The molecule has 25 heavy (non-hydrogen) atoms. The van der Waals surface area contributed by atoms with Gasteiger partial charge in [-0.2, -0.15) is 6.08 Å². The standard InChI is InChI=1S/C20H29Si.3ClH.Ti/c1-6-7-8-12-21(19-11-9-10-16(19)3)20-17(4)13-15(2)14-18(20)5;;;;/h10,13-14,21H,6-9,12H2,1-5H3;3*1H;/q-1;;;;+4/p-3. The molecular weight excluding hydrogens is 423 g/mol. The molecule has 1 atom stereocenters. The largest absolute Gasteiger partial charge is 4.00 e. The summed E-state index contributed by atoms with van der Waals surface area (Å²) in [6, 6.07) is 6.14. The maximum Gasteiger partial charge on any atom is 4.00 e. The van der Waals surface area contributed by atoms with Gasteiger partial charge in [0.25, 0.3) is 0 Å². The molecule has 0 nitrogen and oxygen atoms in total. The van der Waals surface area contributed by atoms with Crippen LogP contribution in [0.4, 0.5) is 0 Å². The van der Waals surface area contributed by atoms with E-state index in [1.165, 1.54) is 47.6 Å². The van der Waals surface area contributed by atoms with Crippen LogP contribution in [-0.4, -0.2) is 8.80 Å². The number of halogens is 3. The number of aryl methyl sites for hydroxylation is 3. The van der Waals surface area contributed by atoms with Gasteiger partial charge >= 0.3 is 21.7 Å². The van der Waals surface area contributed by atoms with Crippen LogP contribution < -0.4 is 42.4 Å². The summed E-state index contributed by atoms with van der Waals surface area (Å²) < 4.78 is 0. The Kier molecular flexibility index (Phi) is 17.6. The van der Waals surface area contributed by atoms with E-state index in [9.17, 15) is 0 Å². The van der Waals surface area contributed by atoms with Crippen LogP contribution in [0.25, 0.3) is 0 Å². The fourth-order valence-corrected chi connectivity index (χ4v) is 7.59. The quantitative estimate of drug-likeness (QED) is 0.234. The van der Waals surface area contributed by atoms with Crippen molar-refractivity contribution in [1.29, 1.82) is 0 Å². The second-order valence-electron chi connectivity index (χ2n) is 6.54. The monoisotopic (exact) mass is 450 g/mol. The van der Waals surface area contributed by atoms with Crippen molar-refractivity contribution in [2.24, 2.45) is 0 Å². The maximum atomic E-state index is 3.69. The molecule has 0 N–H and O–H groups in total. The van der Waals surface area contributed by atoms with Crippen LogP contribution >= 0.6 is 0 Å². The number of rotatable bonds is 6. The molecule has 0 bridgehead atoms. The molecule has 0 fully saturated rings. The molecule has 5 heteroatoms. The zero-order chi connectivity index (χ0) is 15.4. The summed E-state index contributed by atoms with van der Waals surface area (Å²) in [5.74, 6) is 0. The van der Waals surface area contributed by atoms with E-state index in [1.54, 1.807) is 10.4 Å². The first-order chi connectivity index (χ1) is 10.0. The smallest absolute Gasteiger partial charge is 1.00 e. The van der Waals surface area contributed by atoms with Gasteiger partial charge in [-0.15, -0.1) is 13.3 Å². The third-order valence-corrected chi connectivity index (χ3v) is 8.61. The Morgan fingerprint density at radius 2 is 1.52 bits per heavy atom. The van der Waals surface area contributed by atoms with Crippen LogP contribution in [0, 0.1) is 26.8 Å². The molecule has 1 aromatic rings. The van der Waals surface area contributed by atoms with Gasteiger partial charge in [0.05, 0.1) is 8.80 Å². The first-order valence-corrected chi connectivity index (χ1v) is 10.4. The molecule has 1 aliphatic carbocycles. The molecule has 0 saturated heterocycles. The number of allylic oxidation sites excluding steroid dienone is 4. The van der Waals surface area contributed by atoms with Crippen molar-refractivity contribution >= 4 is 14.0 Å². The van der Waals surface area contributed by atoms with E-state index in [4.69, 9.17) is 0 Å². The summed E-state index contributed by atoms with van der Waals surface area (Å²) in [5.41, 5.74) is 5.92. The fraction of sp³-hybridized carbons (Fsp3) is 0.500. The molecule has 0 radical (unpaired) electrons. The van der Waals surface area contributed by atoms with Crippen LogP contribution in [0.1, 0.15) is 56.2 Å². The Balaban J connectivity index is -0.00000121. The van der Waals surface area contributed by atoms with E-state index in [-0.39, 0.29) is 58.9 Å². The Bertz CT molecular complexity index is 559. The van der Waals surface area contributed by atoms with E-state index in [0.717, 1.165) is 6.42 Å². The van der Waals surface area contributed by atoms with E-state index in [0.29, 0.717) is 0 Å². The zero-order valence-corrected chi connectivity index (χ0v) is 21.0. The van der Waals surface area contributed by atoms with Crippen LogP contribution in [-0.2, 0) is 21.7 Å². The minimum absolute atomic E-state index is 0. The van der Waals surface area contributed by atoms with E-state index in [1.807, 2.05) is 0 Å². The second kappa shape index (κ2) is 14.5. The van der Waals surface area contributed by atoms with Crippen molar-refractivity contribution in [2.45, 2.75) is 66.3 Å². The van der Waals surface area contributed by atoms with Crippen molar-refractivity contribution in [1.82, 2.24) is 0 Å². The molecule has 0 amide bonds. The summed E-state index contributed by atoms with van der Waals surface area (Å²) in [4.78, 5) is 0. The third kappa shape index (κ3) is 7.95. The Morgan fingerprint density at radius 1 is 0.960 bits per heavy atom. The average Bonchev–Trinajstić information content (AvgIpc) is 2.82. The van der Waals surface area contributed by atoms with Gasteiger partial charge < -0.3 is 37.2 Å². The number of benzene rings is 1. The summed E-state index contributed by atoms with van der Waals surface area (Å²) in [7, 11) is -1.10. The summed E-state index contributed by atoms with van der Waals surface area (Å²) in [5, 5.41) is 3.29. The molecule has 0 saturated carbocycles. The number of unbranched alkanes of at least 4 members (excludes halogenated alkanes) is 2. The molecule has 2 rings (SSSR count). The third-order valence-electron chi connectivity index (χ3n) is 4.66. The molecule has 0 spiro atoms. The van der Waals surface area contributed by atoms with E-state index >= 15 is 0 Å².